The van der Waals surface area contributed by atoms with Crippen molar-refractivity contribution >= 4 is 47.2 Å². The zero-order valence-corrected chi connectivity index (χ0v) is 19.5. The van der Waals surface area contributed by atoms with Gasteiger partial charge in [-0.3, -0.25) is 9.69 Å². The number of anilines is 1. The van der Waals surface area contributed by atoms with E-state index in [9.17, 15) is 4.79 Å². The highest BCUT2D eigenvalue weighted by Gasteiger charge is 2.27. The zero-order valence-electron chi connectivity index (χ0n) is 17.8. The lowest BCUT2D eigenvalue weighted by molar-refractivity contribution is 0.0986. The molecule has 0 fully saturated rings. The lowest BCUT2D eigenvalue weighted by Gasteiger charge is -2.25. The normalized spacial score (nSPS) is 13.6. The fraction of sp³-hybridized carbons (Fsp3) is 0.200. The van der Waals surface area contributed by atoms with Crippen LogP contribution in [0.1, 0.15) is 27.2 Å². The molecule has 0 atom stereocenters. The molecule has 0 saturated carbocycles. The lowest BCUT2D eigenvalue weighted by Crippen LogP contribution is -2.36. The first-order valence-corrected chi connectivity index (χ1v) is 10.3. The number of halogens is 2. The number of aryl methyl sites for hydroxylation is 1. The molecular formula is C25H26Cl2N4O. The summed E-state index contributed by atoms with van der Waals surface area (Å²) in [7, 11) is 0. The van der Waals surface area contributed by atoms with Gasteiger partial charge in [0.25, 0.3) is 5.91 Å². The van der Waals surface area contributed by atoms with E-state index in [0.29, 0.717) is 6.54 Å². The van der Waals surface area contributed by atoms with Crippen molar-refractivity contribution in [3.05, 3.63) is 95.6 Å². The molecule has 32 heavy (non-hydrogen) atoms. The predicted molar refractivity (Wildman–Crippen MR) is 134 cm³/mol. The Labute approximate surface area is 200 Å². The molecule has 1 aliphatic heterocycles. The van der Waals surface area contributed by atoms with Gasteiger partial charge in [0.05, 0.1) is 12.0 Å². The lowest BCUT2D eigenvalue weighted by atomic mass is 10.0. The van der Waals surface area contributed by atoms with E-state index < -0.39 is 0 Å². The average Bonchev–Trinajstić information content (AvgIpc) is 3.20. The summed E-state index contributed by atoms with van der Waals surface area (Å²) in [6.45, 7) is 5.11. The summed E-state index contributed by atoms with van der Waals surface area (Å²) in [4.78, 5) is 25.5. The second kappa shape index (κ2) is 10.2. The summed E-state index contributed by atoms with van der Waals surface area (Å²) in [6.07, 6.45) is 3.57. The highest BCUT2D eigenvalue weighted by Crippen LogP contribution is 2.31. The Balaban J connectivity index is 0.00000144. The van der Waals surface area contributed by atoms with Crippen molar-refractivity contribution in [2.45, 2.75) is 20.0 Å². The van der Waals surface area contributed by atoms with E-state index in [1.807, 2.05) is 41.4 Å². The number of hydrogen-bond donors (Lipinski definition) is 1. The van der Waals surface area contributed by atoms with Crippen LogP contribution < -0.4 is 4.90 Å². The van der Waals surface area contributed by atoms with Crippen molar-refractivity contribution in [3.63, 3.8) is 0 Å². The van der Waals surface area contributed by atoms with Crippen molar-refractivity contribution in [1.29, 1.82) is 0 Å². The molecule has 0 spiro atoms. The monoisotopic (exact) mass is 468 g/mol. The SMILES string of the molecule is Cc1cccc2c1N(C(=O)c1cccc3ccccc13)CCN(Cc1cnc[nH]1)C2.Cl.Cl. The molecule has 1 N–H and O–H groups in total. The van der Waals surface area contributed by atoms with Gasteiger partial charge in [-0.25, -0.2) is 4.98 Å². The number of fused-ring (bicyclic) bond motifs is 2. The molecule has 0 aliphatic carbocycles. The van der Waals surface area contributed by atoms with Crippen molar-refractivity contribution < 1.29 is 4.79 Å². The van der Waals surface area contributed by atoms with Crippen LogP contribution in [0.4, 0.5) is 5.69 Å². The van der Waals surface area contributed by atoms with Crippen LogP contribution in [0.25, 0.3) is 10.8 Å². The number of nitrogens with one attached hydrogen (secondary N) is 1. The Morgan fingerprint density at radius 1 is 1.00 bits per heavy atom. The number of carbonyl (C=O) groups is 1. The number of hydrogen-bond acceptors (Lipinski definition) is 3. The van der Waals surface area contributed by atoms with Crippen LogP contribution in [0, 0.1) is 6.92 Å². The van der Waals surface area contributed by atoms with Gasteiger partial charge in [0.15, 0.2) is 0 Å². The Bertz CT molecular complexity index is 1200. The molecule has 7 heteroatoms. The number of H-pyrrole nitrogens is 1. The number of para-hydroxylation sites is 1. The highest BCUT2D eigenvalue weighted by molar-refractivity contribution is 6.14. The summed E-state index contributed by atoms with van der Waals surface area (Å²) >= 11 is 0. The Hall–Kier alpha value is -2.86. The Morgan fingerprint density at radius 2 is 1.78 bits per heavy atom. The molecule has 4 aromatic rings. The standard InChI is InChI=1S/C25H24N4O.2ClH/c1-18-6-4-9-20-15-28(16-21-14-26-17-27-21)12-13-29(24(18)20)25(30)23-11-5-8-19-7-2-3-10-22(19)23;;/h2-11,14,17H,12-13,15-16H2,1H3,(H,26,27);2*1H. The molecule has 0 saturated heterocycles. The van der Waals surface area contributed by atoms with E-state index in [0.717, 1.165) is 52.9 Å². The minimum atomic E-state index is 0. The first kappa shape index (κ1) is 23.8. The van der Waals surface area contributed by atoms with Gasteiger partial charge in [0, 0.05) is 43.6 Å². The maximum atomic E-state index is 13.8. The summed E-state index contributed by atoms with van der Waals surface area (Å²) < 4.78 is 0. The second-order valence-corrected chi connectivity index (χ2v) is 7.85. The van der Waals surface area contributed by atoms with Gasteiger partial charge < -0.3 is 9.88 Å². The first-order valence-electron chi connectivity index (χ1n) is 10.3. The average molecular weight is 469 g/mol. The summed E-state index contributed by atoms with van der Waals surface area (Å²) in [5.74, 6) is 0.0609. The van der Waals surface area contributed by atoms with E-state index in [-0.39, 0.29) is 30.7 Å². The topological polar surface area (TPSA) is 52.2 Å². The Kier molecular flexibility index (Phi) is 7.56. The van der Waals surface area contributed by atoms with Gasteiger partial charge >= 0.3 is 0 Å². The molecular weight excluding hydrogens is 443 g/mol. The molecule has 5 rings (SSSR count). The summed E-state index contributed by atoms with van der Waals surface area (Å²) in [5, 5.41) is 2.09. The minimum Gasteiger partial charge on any atom is -0.347 e. The number of aromatic nitrogens is 2. The molecule has 0 radical (unpaired) electrons. The summed E-state index contributed by atoms with van der Waals surface area (Å²) in [5.41, 5.74) is 5.19. The first-order chi connectivity index (χ1) is 14.7. The quantitative estimate of drug-likeness (QED) is 0.439. The van der Waals surface area contributed by atoms with E-state index in [1.54, 1.807) is 6.33 Å². The fourth-order valence-corrected chi connectivity index (χ4v) is 4.41. The van der Waals surface area contributed by atoms with Crippen LogP contribution in [0.15, 0.2) is 73.2 Å². The Morgan fingerprint density at radius 3 is 2.59 bits per heavy atom. The number of imidazole rings is 1. The number of amides is 1. The third-order valence-electron chi connectivity index (χ3n) is 5.84. The van der Waals surface area contributed by atoms with Gasteiger partial charge in [0.1, 0.15) is 0 Å². The maximum absolute atomic E-state index is 13.8. The smallest absolute Gasteiger partial charge is 0.258 e. The number of rotatable bonds is 3. The van der Waals surface area contributed by atoms with Crippen LogP contribution in [0.3, 0.4) is 0 Å². The second-order valence-electron chi connectivity index (χ2n) is 7.85. The number of aromatic amines is 1. The number of benzene rings is 3. The van der Waals surface area contributed by atoms with Gasteiger partial charge in [-0.05, 0) is 34.9 Å². The van der Waals surface area contributed by atoms with Gasteiger partial charge in [-0.2, -0.15) is 0 Å². The van der Waals surface area contributed by atoms with Crippen LogP contribution in [-0.2, 0) is 13.1 Å². The number of nitrogens with zero attached hydrogens (tertiary/aromatic N) is 3. The number of carbonyl (C=O) groups excluding carboxylic acids is 1. The zero-order chi connectivity index (χ0) is 20.5. The maximum Gasteiger partial charge on any atom is 0.258 e. The molecule has 166 valence electrons. The van der Waals surface area contributed by atoms with Crippen LogP contribution >= 0.6 is 24.8 Å². The molecule has 3 aromatic carbocycles. The third-order valence-corrected chi connectivity index (χ3v) is 5.84. The molecule has 0 unspecified atom stereocenters. The third kappa shape index (κ3) is 4.51. The van der Waals surface area contributed by atoms with Crippen molar-refractivity contribution in [2.24, 2.45) is 0 Å². The van der Waals surface area contributed by atoms with Crippen molar-refractivity contribution in [3.8, 4) is 0 Å². The molecule has 1 amide bonds. The largest absolute Gasteiger partial charge is 0.347 e. The van der Waals surface area contributed by atoms with Gasteiger partial charge in [-0.15, -0.1) is 24.8 Å². The van der Waals surface area contributed by atoms with E-state index in [2.05, 4.69) is 52.1 Å². The minimum absolute atomic E-state index is 0. The van der Waals surface area contributed by atoms with Crippen LogP contribution in [-0.4, -0.2) is 33.9 Å². The molecule has 1 aromatic heterocycles. The molecule has 5 nitrogen and oxygen atoms in total. The van der Waals surface area contributed by atoms with E-state index in [4.69, 9.17) is 0 Å². The van der Waals surface area contributed by atoms with E-state index >= 15 is 0 Å². The fourth-order valence-electron chi connectivity index (χ4n) is 4.41. The van der Waals surface area contributed by atoms with Crippen LogP contribution in [0.2, 0.25) is 0 Å². The highest BCUT2D eigenvalue weighted by atomic mass is 35.5. The molecule has 2 heterocycles. The molecule has 1 aliphatic rings. The van der Waals surface area contributed by atoms with Crippen molar-refractivity contribution in [1.82, 2.24) is 14.9 Å². The predicted octanol–water partition coefficient (Wildman–Crippen LogP) is 5.38. The summed E-state index contributed by atoms with van der Waals surface area (Å²) in [6, 6.07) is 20.4. The van der Waals surface area contributed by atoms with Crippen LogP contribution in [0.5, 0.6) is 0 Å². The van der Waals surface area contributed by atoms with Crippen molar-refractivity contribution in [2.75, 3.05) is 18.0 Å². The molecule has 0 bridgehead atoms. The van der Waals surface area contributed by atoms with Gasteiger partial charge in [0.2, 0.25) is 0 Å². The van der Waals surface area contributed by atoms with Gasteiger partial charge in [-0.1, -0.05) is 54.6 Å². The van der Waals surface area contributed by atoms with E-state index in [1.165, 1.54) is 5.56 Å².